The summed E-state index contributed by atoms with van der Waals surface area (Å²) in [6.45, 7) is 8.71. The maximum Gasteiger partial charge on any atom is 0.317 e. The molecule has 0 atom stereocenters. The second-order valence-electron chi connectivity index (χ2n) is 6.40. The van der Waals surface area contributed by atoms with Gasteiger partial charge in [0.15, 0.2) is 0 Å². The molecule has 0 aliphatic carbocycles. The average molecular weight is 286 g/mol. The number of hydrogen-bond donors (Lipinski definition) is 1. The van der Waals surface area contributed by atoms with Crippen molar-refractivity contribution in [2.75, 3.05) is 6.54 Å². The van der Waals surface area contributed by atoms with Gasteiger partial charge in [-0.2, -0.15) is 0 Å². The van der Waals surface area contributed by atoms with Crippen LogP contribution in [0.5, 0.6) is 0 Å². The van der Waals surface area contributed by atoms with Crippen molar-refractivity contribution < 1.29 is 9.90 Å². The molecule has 0 spiro atoms. The van der Waals surface area contributed by atoms with E-state index >= 15 is 0 Å². The minimum Gasteiger partial charge on any atom is -0.480 e. The normalized spacial score (nSPS) is 12.0. The molecule has 21 heavy (non-hydrogen) atoms. The first-order valence-corrected chi connectivity index (χ1v) is 7.09. The Hall–Kier alpha value is -1.94. The summed E-state index contributed by atoms with van der Waals surface area (Å²) in [5.74, 6) is -0.803. The number of aromatic nitrogens is 1. The molecule has 2 aromatic rings. The van der Waals surface area contributed by atoms with E-state index in [-0.39, 0.29) is 12.1 Å². The molecule has 0 bridgehead atoms. The smallest absolute Gasteiger partial charge is 0.317 e. The zero-order valence-corrected chi connectivity index (χ0v) is 13.1. The summed E-state index contributed by atoms with van der Waals surface area (Å²) in [7, 11) is 0. The first-order valence-electron chi connectivity index (χ1n) is 7.09. The molecule has 112 valence electrons. The fourth-order valence-electron chi connectivity index (χ4n) is 2.29. The van der Waals surface area contributed by atoms with Gasteiger partial charge in [0, 0.05) is 23.2 Å². The Bertz CT molecular complexity index is 659. The van der Waals surface area contributed by atoms with Crippen LogP contribution in [0.1, 0.15) is 32.0 Å². The zero-order valence-electron chi connectivity index (χ0n) is 13.1. The lowest BCUT2D eigenvalue weighted by Crippen LogP contribution is -2.43. The van der Waals surface area contributed by atoms with Gasteiger partial charge in [-0.1, -0.05) is 12.1 Å². The third-order valence-corrected chi connectivity index (χ3v) is 3.54. The van der Waals surface area contributed by atoms with E-state index in [2.05, 4.69) is 17.1 Å². The van der Waals surface area contributed by atoms with E-state index in [0.717, 1.165) is 22.2 Å². The SMILES string of the molecule is Cc1ccc2cc(CN(CC(=O)O)C(C)(C)C)ccc2n1. The molecule has 0 amide bonds. The molecule has 4 heteroatoms. The van der Waals surface area contributed by atoms with Crippen LogP contribution in [0, 0.1) is 6.92 Å². The van der Waals surface area contributed by atoms with Crippen LogP contribution in [0.25, 0.3) is 10.9 Å². The van der Waals surface area contributed by atoms with Crippen LogP contribution in [0.3, 0.4) is 0 Å². The molecule has 0 saturated carbocycles. The van der Waals surface area contributed by atoms with Crippen LogP contribution >= 0.6 is 0 Å². The van der Waals surface area contributed by atoms with E-state index in [9.17, 15) is 4.79 Å². The van der Waals surface area contributed by atoms with Gasteiger partial charge in [0.1, 0.15) is 0 Å². The van der Waals surface area contributed by atoms with Crippen molar-refractivity contribution in [3.63, 3.8) is 0 Å². The Labute approximate surface area is 125 Å². The topological polar surface area (TPSA) is 53.4 Å². The van der Waals surface area contributed by atoms with E-state index in [0.29, 0.717) is 6.54 Å². The second kappa shape index (κ2) is 5.82. The number of pyridine rings is 1. The van der Waals surface area contributed by atoms with E-state index in [4.69, 9.17) is 5.11 Å². The van der Waals surface area contributed by atoms with Crippen LogP contribution in [-0.2, 0) is 11.3 Å². The number of aliphatic carboxylic acids is 1. The molecule has 1 heterocycles. The fourth-order valence-corrected chi connectivity index (χ4v) is 2.29. The second-order valence-corrected chi connectivity index (χ2v) is 6.40. The van der Waals surface area contributed by atoms with Crippen molar-refractivity contribution in [1.29, 1.82) is 0 Å². The van der Waals surface area contributed by atoms with Gasteiger partial charge in [-0.3, -0.25) is 14.7 Å². The zero-order chi connectivity index (χ0) is 15.6. The number of nitrogens with zero attached hydrogens (tertiary/aromatic N) is 2. The third-order valence-electron chi connectivity index (χ3n) is 3.54. The summed E-state index contributed by atoms with van der Waals surface area (Å²) in [5.41, 5.74) is 2.87. The van der Waals surface area contributed by atoms with Crippen molar-refractivity contribution in [1.82, 2.24) is 9.88 Å². The highest BCUT2D eigenvalue weighted by Crippen LogP contribution is 2.20. The number of benzene rings is 1. The Morgan fingerprint density at radius 3 is 2.57 bits per heavy atom. The molecule has 0 saturated heterocycles. The minimum atomic E-state index is -0.803. The molecule has 4 nitrogen and oxygen atoms in total. The molecule has 0 radical (unpaired) electrons. The Morgan fingerprint density at radius 1 is 1.24 bits per heavy atom. The highest BCUT2D eigenvalue weighted by atomic mass is 16.4. The van der Waals surface area contributed by atoms with Crippen LogP contribution in [0.2, 0.25) is 0 Å². The Balaban J connectivity index is 2.28. The highest BCUT2D eigenvalue weighted by Gasteiger charge is 2.23. The van der Waals surface area contributed by atoms with Crippen LogP contribution in [-0.4, -0.2) is 33.0 Å². The van der Waals surface area contributed by atoms with Gasteiger partial charge >= 0.3 is 5.97 Å². The minimum absolute atomic E-state index is 0.0354. The number of fused-ring (bicyclic) bond motifs is 1. The molecular weight excluding hydrogens is 264 g/mol. The molecule has 1 aromatic heterocycles. The number of hydrogen-bond acceptors (Lipinski definition) is 3. The number of rotatable bonds is 4. The highest BCUT2D eigenvalue weighted by molar-refractivity contribution is 5.79. The first-order chi connectivity index (χ1) is 9.75. The summed E-state index contributed by atoms with van der Waals surface area (Å²) >= 11 is 0. The summed E-state index contributed by atoms with van der Waals surface area (Å²) in [4.78, 5) is 17.5. The van der Waals surface area contributed by atoms with Gasteiger partial charge in [0.2, 0.25) is 0 Å². The maximum atomic E-state index is 11.0. The predicted octanol–water partition coefficient (Wildman–Crippen LogP) is 3.23. The van der Waals surface area contributed by atoms with Gasteiger partial charge in [-0.15, -0.1) is 0 Å². The van der Waals surface area contributed by atoms with Gasteiger partial charge in [-0.25, -0.2) is 0 Å². The van der Waals surface area contributed by atoms with Crippen molar-refractivity contribution in [3.05, 3.63) is 41.6 Å². The van der Waals surface area contributed by atoms with Crippen LogP contribution < -0.4 is 0 Å². The third kappa shape index (κ3) is 4.02. The lowest BCUT2D eigenvalue weighted by atomic mass is 10.0. The molecule has 0 fully saturated rings. The lowest BCUT2D eigenvalue weighted by molar-refractivity contribution is -0.139. The monoisotopic (exact) mass is 286 g/mol. The quantitative estimate of drug-likeness (QED) is 0.937. The van der Waals surface area contributed by atoms with Gasteiger partial charge < -0.3 is 5.11 Å². The molecule has 0 aliphatic heterocycles. The van der Waals surface area contributed by atoms with Gasteiger partial charge in [0.25, 0.3) is 0 Å². The van der Waals surface area contributed by atoms with Gasteiger partial charge in [-0.05, 0) is 51.5 Å². The van der Waals surface area contributed by atoms with E-state index in [1.807, 2.05) is 50.8 Å². The van der Waals surface area contributed by atoms with E-state index in [1.165, 1.54) is 0 Å². The first kappa shape index (κ1) is 15.4. The number of carbonyl (C=O) groups is 1. The van der Waals surface area contributed by atoms with Crippen molar-refractivity contribution in [2.45, 2.75) is 39.8 Å². The van der Waals surface area contributed by atoms with Crippen LogP contribution in [0.4, 0.5) is 0 Å². The summed E-state index contributed by atoms with van der Waals surface area (Å²) in [5, 5.41) is 10.2. The van der Waals surface area contributed by atoms with E-state index in [1.54, 1.807) is 0 Å². The van der Waals surface area contributed by atoms with Crippen LogP contribution in [0.15, 0.2) is 30.3 Å². The maximum absolute atomic E-state index is 11.0. The molecular formula is C17H22N2O2. The largest absolute Gasteiger partial charge is 0.480 e. The molecule has 1 aromatic carbocycles. The fraction of sp³-hybridized carbons (Fsp3) is 0.412. The average Bonchev–Trinajstić information content (AvgIpc) is 2.36. The Kier molecular flexibility index (Phi) is 4.28. The standard InChI is InChI=1S/C17H22N2O2/c1-12-5-7-14-9-13(6-8-15(14)18-12)10-19(11-16(20)21)17(2,3)4/h5-9H,10-11H2,1-4H3,(H,20,21). The molecule has 2 rings (SSSR count). The van der Waals surface area contributed by atoms with Crippen molar-refractivity contribution in [2.24, 2.45) is 0 Å². The predicted molar refractivity (Wildman–Crippen MR) is 84.3 cm³/mol. The van der Waals surface area contributed by atoms with Gasteiger partial charge in [0.05, 0.1) is 12.1 Å². The van der Waals surface area contributed by atoms with Crippen molar-refractivity contribution >= 4 is 16.9 Å². The number of aryl methyl sites for hydroxylation is 1. The Morgan fingerprint density at radius 2 is 1.95 bits per heavy atom. The lowest BCUT2D eigenvalue weighted by Gasteiger charge is -2.34. The number of carboxylic acid groups (broad SMARTS) is 1. The summed E-state index contributed by atoms with van der Waals surface area (Å²) in [6.07, 6.45) is 0. The molecule has 1 N–H and O–H groups in total. The van der Waals surface area contributed by atoms with Crippen molar-refractivity contribution in [3.8, 4) is 0 Å². The van der Waals surface area contributed by atoms with E-state index < -0.39 is 5.97 Å². The molecule has 0 aliphatic rings. The summed E-state index contributed by atoms with van der Waals surface area (Å²) in [6, 6.07) is 10.2. The summed E-state index contributed by atoms with van der Waals surface area (Å²) < 4.78 is 0. The molecule has 0 unspecified atom stereocenters. The number of carboxylic acids is 1.